The first kappa shape index (κ1) is 16.5. The first-order valence-electron chi connectivity index (χ1n) is 9.00. The normalized spacial score (nSPS) is 16.2. The smallest absolute Gasteiger partial charge is 0.254 e. The summed E-state index contributed by atoms with van der Waals surface area (Å²) in [5, 5.41) is 0. The molecule has 26 heavy (non-hydrogen) atoms. The molecular weight excluding hydrogens is 320 g/mol. The third-order valence-corrected chi connectivity index (χ3v) is 5.05. The van der Waals surface area contributed by atoms with Gasteiger partial charge in [0.1, 0.15) is 0 Å². The van der Waals surface area contributed by atoms with Crippen LogP contribution in [0.3, 0.4) is 0 Å². The topological polar surface area (TPSA) is 33.2 Å². The number of carbonyl (C=O) groups excluding carboxylic acids is 1. The predicted molar refractivity (Wildman–Crippen MR) is 103 cm³/mol. The van der Waals surface area contributed by atoms with Crippen LogP contribution < -0.4 is 0 Å². The molecule has 2 heterocycles. The summed E-state index contributed by atoms with van der Waals surface area (Å²) in [6, 6.07) is 18.3. The summed E-state index contributed by atoms with van der Waals surface area (Å²) >= 11 is 0. The molecule has 1 aliphatic heterocycles. The molecule has 0 radical (unpaired) electrons. The van der Waals surface area contributed by atoms with Gasteiger partial charge in [-0.3, -0.25) is 9.78 Å². The standard InChI is InChI=1S/C23H22N2O/c1-16-5-3-6-19(14-16)23(26)25-12-10-18-13-17(2)8-9-21(18)22(25)20-7-4-11-24-15-20/h3-9,11,13-15,22H,10,12H2,1-2H3. The third kappa shape index (κ3) is 3.01. The Balaban J connectivity index is 1.81. The average molecular weight is 342 g/mol. The molecule has 0 saturated heterocycles. The Morgan fingerprint density at radius 1 is 1.04 bits per heavy atom. The maximum absolute atomic E-state index is 13.3. The molecule has 0 fully saturated rings. The minimum absolute atomic E-state index is 0.0776. The van der Waals surface area contributed by atoms with E-state index in [-0.39, 0.29) is 11.9 Å². The molecule has 3 aromatic rings. The van der Waals surface area contributed by atoms with Crippen molar-refractivity contribution in [2.24, 2.45) is 0 Å². The molecule has 0 N–H and O–H groups in total. The van der Waals surface area contributed by atoms with E-state index in [0.717, 1.165) is 23.1 Å². The van der Waals surface area contributed by atoms with Gasteiger partial charge in [-0.1, -0.05) is 47.5 Å². The first-order valence-corrected chi connectivity index (χ1v) is 9.00. The number of hydrogen-bond donors (Lipinski definition) is 0. The molecule has 4 rings (SSSR count). The first-order chi connectivity index (χ1) is 12.6. The summed E-state index contributed by atoms with van der Waals surface area (Å²) in [6.07, 6.45) is 4.52. The van der Waals surface area contributed by atoms with Gasteiger partial charge in [0.25, 0.3) is 5.91 Å². The molecule has 3 nitrogen and oxygen atoms in total. The molecule has 3 heteroatoms. The van der Waals surface area contributed by atoms with Crippen molar-refractivity contribution in [1.29, 1.82) is 0 Å². The van der Waals surface area contributed by atoms with E-state index in [1.807, 2.05) is 48.4 Å². The minimum Gasteiger partial charge on any atom is -0.327 e. The van der Waals surface area contributed by atoms with Crippen LogP contribution in [0.15, 0.2) is 67.0 Å². The number of hydrogen-bond acceptors (Lipinski definition) is 2. The van der Waals surface area contributed by atoms with Gasteiger partial charge in [0, 0.05) is 24.5 Å². The summed E-state index contributed by atoms with van der Waals surface area (Å²) in [6.45, 7) is 4.84. The molecule has 1 amide bonds. The maximum Gasteiger partial charge on any atom is 0.254 e. The predicted octanol–water partition coefficient (Wildman–Crippen LogP) is 4.49. The van der Waals surface area contributed by atoms with Gasteiger partial charge in [-0.15, -0.1) is 0 Å². The Bertz CT molecular complexity index is 949. The number of nitrogens with zero attached hydrogens (tertiary/aromatic N) is 2. The van der Waals surface area contributed by atoms with Crippen molar-refractivity contribution in [1.82, 2.24) is 9.88 Å². The fourth-order valence-corrected chi connectivity index (χ4v) is 3.82. The number of aryl methyl sites for hydroxylation is 2. The number of aromatic nitrogens is 1. The van der Waals surface area contributed by atoms with Crippen LogP contribution in [0.1, 0.15) is 44.2 Å². The third-order valence-electron chi connectivity index (χ3n) is 5.05. The van der Waals surface area contributed by atoms with E-state index in [1.54, 1.807) is 6.20 Å². The summed E-state index contributed by atoms with van der Waals surface area (Å²) in [7, 11) is 0. The lowest BCUT2D eigenvalue weighted by molar-refractivity contribution is 0.0694. The zero-order valence-corrected chi connectivity index (χ0v) is 15.1. The monoisotopic (exact) mass is 342 g/mol. The molecule has 0 bridgehead atoms. The maximum atomic E-state index is 13.3. The van der Waals surface area contributed by atoms with Gasteiger partial charge in [-0.2, -0.15) is 0 Å². The number of pyridine rings is 1. The Labute approximate surface area is 154 Å². The minimum atomic E-state index is -0.0962. The van der Waals surface area contributed by atoms with Crippen molar-refractivity contribution in [3.05, 3.63) is 100 Å². The Kier molecular flexibility index (Phi) is 4.29. The lowest BCUT2D eigenvalue weighted by Gasteiger charge is -2.38. The molecule has 2 aromatic carbocycles. The fourth-order valence-electron chi connectivity index (χ4n) is 3.82. The second kappa shape index (κ2) is 6.75. The number of rotatable bonds is 2. The number of fused-ring (bicyclic) bond motifs is 1. The van der Waals surface area contributed by atoms with Crippen molar-refractivity contribution in [3.8, 4) is 0 Å². The molecule has 0 saturated carbocycles. The highest BCUT2D eigenvalue weighted by atomic mass is 16.2. The Morgan fingerprint density at radius 2 is 1.88 bits per heavy atom. The van der Waals surface area contributed by atoms with Crippen molar-refractivity contribution >= 4 is 5.91 Å². The van der Waals surface area contributed by atoms with E-state index in [2.05, 4.69) is 36.2 Å². The van der Waals surface area contributed by atoms with Crippen LogP contribution in [0.5, 0.6) is 0 Å². The quantitative estimate of drug-likeness (QED) is 0.688. The summed E-state index contributed by atoms with van der Waals surface area (Å²) < 4.78 is 0. The van der Waals surface area contributed by atoms with Crippen LogP contribution >= 0.6 is 0 Å². The SMILES string of the molecule is Cc1cccc(C(=O)N2CCc3cc(C)ccc3C2c2cccnc2)c1. The summed E-state index contributed by atoms with van der Waals surface area (Å²) in [5.41, 5.74) is 6.68. The Hall–Kier alpha value is -2.94. The van der Waals surface area contributed by atoms with E-state index < -0.39 is 0 Å². The second-order valence-corrected chi connectivity index (χ2v) is 7.01. The lowest BCUT2D eigenvalue weighted by Crippen LogP contribution is -2.40. The van der Waals surface area contributed by atoms with Gasteiger partial charge in [-0.25, -0.2) is 0 Å². The van der Waals surface area contributed by atoms with Crippen LogP contribution in [0.25, 0.3) is 0 Å². The van der Waals surface area contributed by atoms with Gasteiger partial charge in [0.2, 0.25) is 0 Å². The summed E-state index contributed by atoms with van der Waals surface area (Å²) in [5.74, 6) is 0.0776. The van der Waals surface area contributed by atoms with Crippen LogP contribution in [0.2, 0.25) is 0 Å². The van der Waals surface area contributed by atoms with Gasteiger partial charge < -0.3 is 4.90 Å². The van der Waals surface area contributed by atoms with E-state index in [9.17, 15) is 4.79 Å². The highest BCUT2D eigenvalue weighted by Gasteiger charge is 2.32. The zero-order chi connectivity index (χ0) is 18.1. The van der Waals surface area contributed by atoms with Gasteiger partial charge in [0.05, 0.1) is 6.04 Å². The number of carbonyl (C=O) groups is 1. The Morgan fingerprint density at radius 3 is 2.65 bits per heavy atom. The average Bonchev–Trinajstić information content (AvgIpc) is 2.67. The molecule has 1 atom stereocenters. The van der Waals surface area contributed by atoms with E-state index >= 15 is 0 Å². The highest BCUT2D eigenvalue weighted by Crippen LogP contribution is 2.36. The van der Waals surface area contributed by atoms with Gasteiger partial charge >= 0.3 is 0 Å². The lowest BCUT2D eigenvalue weighted by atomic mass is 9.87. The fraction of sp³-hybridized carbons (Fsp3) is 0.217. The van der Waals surface area contributed by atoms with Crippen molar-refractivity contribution in [2.45, 2.75) is 26.3 Å². The van der Waals surface area contributed by atoms with Gasteiger partial charge in [0.15, 0.2) is 0 Å². The van der Waals surface area contributed by atoms with Crippen LogP contribution in [-0.4, -0.2) is 22.3 Å². The van der Waals surface area contributed by atoms with Crippen LogP contribution in [-0.2, 0) is 6.42 Å². The molecule has 130 valence electrons. The summed E-state index contributed by atoms with van der Waals surface area (Å²) in [4.78, 5) is 19.6. The largest absolute Gasteiger partial charge is 0.327 e. The van der Waals surface area contributed by atoms with Crippen molar-refractivity contribution < 1.29 is 4.79 Å². The second-order valence-electron chi connectivity index (χ2n) is 7.01. The zero-order valence-electron chi connectivity index (χ0n) is 15.1. The molecular formula is C23H22N2O. The molecule has 1 aliphatic rings. The van der Waals surface area contributed by atoms with Gasteiger partial charge in [-0.05, 0) is 55.2 Å². The highest BCUT2D eigenvalue weighted by molar-refractivity contribution is 5.95. The van der Waals surface area contributed by atoms with Crippen LogP contribution in [0, 0.1) is 13.8 Å². The van der Waals surface area contributed by atoms with Crippen LogP contribution in [0.4, 0.5) is 0 Å². The van der Waals surface area contributed by atoms with Crippen molar-refractivity contribution in [3.63, 3.8) is 0 Å². The van der Waals surface area contributed by atoms with E-state index in [4.69, 9.17) is 0 Å². The van der Waals surface area contributed by atoms with Crippen molar-refractivity contribution in [2.75, 3.05) is 6.54 Å². The molecule has 1 unspecified atom stereocenters. The molecule has 0 aliphatic carbocycles. The number of benzene rings is 2. The molecule has 1 aromatic heterocycles. The van der Waals surface area contributed by atoms with E-state index in [1.165, 1.54) is 16.7 Å². The molecule has 0 spiro atoms. The number of amides is 1. The van der Waals surface area contributed by atoms with E-state index in [0.29, 0.717) is 6.54 Å².